The van der Waals surface area contributed by atoms with Crippen LogP contribution in [-0.2, 0) is 0 Å². The Morgan fingerprint density at radius 2 is 1.71 bits per heavy atom. The number of hydrogen-bond acceptors (Lipinski definition) is 3. The summed E-state index contributed by atoms with van der Waals surface area (Å²) < 4.78 is 5.47. The van der Waals surface area contributed by atoms with E-state index in [2.05, 4.69) is 17.0 Å². The van der Waals surface area contributed by atoms with Gasteiger partial charge < -0.3 is 14.5 Å². The molecule has 0 saturated carbocycles. The van der Waals surface area contributed by atoms with Crippen molar-refractivity contribution in [3.8, 4) is 5.75 Å². The number of amides is 1. The SMILES string of the molecule is CCOc1ccc(N2CCN(C(=O)c3ccccc3Cl)CC2)cc1. The van der Waals surface area contributed by atoms with Crippen LogP contribution in [0.4, 0.5) is 5.69 Å². The number of piperazine rings is 1. The molecule has 0 radical (unpaired) electrons. The summed E-state index contributed by atoms with van der Waals surface area (Å²) in [6.07, 6.45) is 0. The van der Waals surface area contributed by atoms with Gasteiger partial charge in [-0.15, -0.1) is 0 Å². The number of carbonyl (C=O) groups excluding carboxylic acids is 1. The summed E-state index contributed by atoms with van der Waals surface area (Å²) in [5.74, 6) is 0.890. The van der Waals surface area contributed by atoms with Crippen LogP contribution in [0.15, 0.2) is 48.5 Å². The first kappa shape index (κ1) is 16.7. The van der Waals surface area contributed by atoms with Crippen LogP contribution in [-0.4, -0.2) is 43.6 Å². The van der Waals surface area contributed by atoms with Crippen molar-refractivity contribution in [2.45, 2.75) is 6.92 Å². The fourth-order valence-corrected chi connectivity index (χ4v) is 3.11. The molecule has 0 spiro atoms. The highest BCUT2D eigenvalue weighted by molar-refractivity contribution is 6.33. The second-order valence-electron chi connectivity index (χ2n) is 5.69. The Labute approximate surface area is 147 Å². The van der Waals surface area contributed by atoms with Crippen molar-refractivity contribution in [2.75, 3.05) is 37.7 Å². The molecule has 1 saturated heterocycles. The van der Waals surface area contributed by atoms with Crippen molar-refractivity contribution in [1.29, 1.82) is 0 Å². The molecule has 4 nitrogen and oxygen atoms in total. The summed E-state index contributed by atoms with van der Waals surface area (Å²) in [5, 5.41) is 0.511. The number of nitrogens with zero attached hydrogens (tertiary/aromatic N) is 2. The van der Waals surface area contributed by atoms with E-state index in [0.717, 1.165) is 24.5 Å². The lowest BCUT2D eigenvalue weighted by Crippen LogP contribution is -2.48. The molecule has 1 aliphatic rings. The molecule has 24 heavy (non-hydrogen) atoms. The van der Waals surface area contributed by atoms with E-state index in [4.69, 9.17) is 16.3 Å². The van der Waals surface area contributed by atoms with Crippen LogP contribution in [0.25, 0.3) is 0 Å². The van der Waals surface area contributed by atoms with Crippen LogP contribution in [0.1, 0.15) is 17.3 Å². The van der Waals surface area contributed by atoms with E-state index in [9.17, 15) is 4.79 Å². The van der Waals surface area contributed by atoms with Crippen LogP contribution in [0.2, 0.25) is 5.02 Å². The average molecular weight is 345 g/mol. The molecule has 0 atom stereocenters. The quantitative estimate of drug-likeness (QED) is 0.847. The van der Waals surface area contributed by atoms with Gasteiger partial charge in [0.1, 0.15) is 5.75 Å². The molecular weight excluding hydrogens is 324 g/mol. The van der Waals surface area contributed by atoms with Crippen molar-refractivity contribution in [3.05, 3.63) is 59.1 Å². The Morgan fingerprint density at radius 1 is 1.04 bits per heavy atom. The lowest BCUT2D eigenvalue weighted by atomic mass is 10.1. The molecule has 3 rings (SSSR count). The maximum Gasteiger partial charge on any atom is 0.255 e. The summed E-state index contributed by atoms with van der Waals surface area (Å²) >= 11 is 6.13. The Bertz CT molecular complexity index is 695. The van der Waals surface area contributed by atoms with Gasteiger partial charge in [-0.3, -0.25) is 4.79 Å². The van der Waals surface area contributed by atoms with Gasteiger partial charge in [-0.25, -0.2) is 0 Å². The minimum Gasteiger partial charge on any atom is -0.494 e. The summed E-state index contributed by atoms with van der Waals surface area (Å²) in [6.45, 7) is 5.65. The molecular formula is C19H21ClN2O2. The van der Waals surface area contributed by atoms with Crippen molar-refractivity contribution in [2.24, 2.45) is 0 Å². The Kier molecular flexibility index (Phi) is 5.26. The van der Waals surface area contributed by atoms with E-state index in [1.807, 2.05) is 36.1 Å². The first-order valence-corrected chi connectivity index (χ1v) is 8.58. The third-order valence-corrected chi connectivity index (χ3v) is 4.51. The molecule has 126 valence electrons. The van der Waals surface area contributed by atoms with Crippen LogP contribution in [0.5, 0.6) is 5.75 Å². The highest BCUT2D eigenvalue weighted by atomic mass is 35.5. The number of rotatable bonds is 4. The Hall–Kier alpha value is -2.20. The van der Waals surface area contributed by atoms with Gasteiger partial charge in [-0.1, -0.05) is 23.7 Å². The molecule has 1 heterocycles. The molecule has 0 aliphatic carbocycles. The summed E-state index contributed by atoms with van der Waals surface area (Å²) in [6, 6.07) is 15.3. The third-order valence-electron chi connectivity index (χ3n) is 4.18. The summed E-state index contributed by atoms with van der Waals surface area (Å²) in [4.78, 5) is 16.7. The molecule has 2 aromatic rings. The van der Waals surface area contributed by atoms with Gasteiger partial charge in [-0.2, -0.15) is 0 Å². The molecule has 2 aromatic carbocycles. The van der Waals surface area contributed by atoms with Crippen LogP contribution in [0.3, 0.4) is 0 Å². The number of ether oxygens (including phenoxy) is 1. The maximum absolute atomic E-state index is 12.6. The molecule has 0 aromatic heterocycles. The second kappa shape index (κ2) is 7.58. The fourth-order valence-electron chi connectivity index (χ4n) is 2.89. The number of carbonyl (C=O) groups is 1. The van der Waals surface area contributed by atoms with Crippen molar-refractivity contribution in [1.82, 2.24) is 4.90 Å². The zero-order valence-corrected chi connectivity index (χ0v) is 14.5. The van der Waals surface area contributed by atoms with Gasteiger partial charge in [0, 0.05) is 31.9 Å². The molecule has 1 amide bonds. The second-order valence-corrected chi connectivity index (χ2v) is 6.09. The van der Waals surface area contributed by atoms with Gasteiger partial charge in [0.2, 0.25) is 0 Å². The standard InChI is InChI=1S/C19H21ClN2O2/c1-2-24-16-9-7-15(8-10-16)21-11-13-22(14-12-21)19(23)17-5-3-4-6-18(17)20/h3-10H,2,11-14H2,1H3. The lowest BCUT2D eigenvalue weighted by Gasteiger charge is -2.36. The van der Waals surface area contributed by atoms with Crippen molar-refractivity contribution < 1.29 is 9.53 Å². The zero-order valence-electron chi connectivity index (χ0n) is 13.7. The van der Waals surface area contributed by atoms with Crippen LogP contribution < -0.4 is 9.64 Å². The molecule has 1 fully saturated rings. The van der Waals surface area contributed by atoms with E-state index in [-0.39, 0.29) is 5.91 Å². The predicted octanol–water partition coefficient (Wildman–Crippen LogP) is 3.70. The minimum atomic E-state index is 0.00643. The first-order valence-electron chi connectivity index (χ1n) is 8.20. The lowest BCUT2D eigenvalue weighted by molar-refractivity contribution is 0.0747. The molecule has 1 aliphatic heterocycles. The van der Waals surface area contributed by atoms with E-state index >= 15 is 0 Å². The van der Waals surface area contributed by atoms with Crippen molar-refractivity contribution in [3.63, 3.8) is 0 Å². The Balaban J connectivity index is 1.61. The zero-order chi connectivity index (χ0) is 16.9. The van der Waals surface area contributed by atoms with Gasteiger partial charge in [-0.05, 0) is 43.3 Å². The van der Waals surface area contributed by atoms with E-state index in [1.165, 1.54) is 0 Å². The fraction of sp³-hybridized carbons (Fsp3) is 0.316. The van der Waals surface area contributed by atoms with E-state index in [0.29, 0.717) is 30.3 Å². The highest BCUT2D eigenvalue weighted by Crippen LogP contribution is 2.22. The number of benzene rings is 2. The third kappa shape index (κ3) is 3.65. The smallest absolute Gasteiger partial charge is 0.255 e. The van der Waals surface area contributed by atoms with Gasteiger partial charge in [0.15, 0.2) is 0 Å². The highest BCUT2D eigenvalue weighted by Gasteiger charge is 2.23. The number of anilines is 1. The van der Waals surface area contributed by atoms with Crippen LogP contribution >= 0.6 is 11.6 Å². The van der Waals surface area contributed by atoms with Gasteiger partial charge in [0.05, 0.1) is 17.2 Å². The number of hydrogen-bond donors (Lipinski definition) is 0. The van der Waals surface area contributed by atoms with Crippen LogP contribution in [0, 0.1) is 0 Å². The predicted molar refractivity (Wildman–Crippen MR) is 97.2 cm³/mol. The summed E-state index contributed by atoms with van der Waals surface area (Å²) in [5.41, 5.74) is 1.73. The van der Waals surface area contributed by atoms with E-state index in [1.54, 1.807) is 12.1 Å². The first-order chi connectivity index (χ1) is 11.7. The minimum absolute atomic E-state index is 0.00643. The van der Waals surface area contributed by atoms with Gasteiger partial charge in [0.25, 0.3) is 5.91 Å². The normalized spacial score (nSPS) is 14.6. The average Bonchev–Trinajstić information content (AvgIpc) is 2.63. The number of halogens is 1. The van der Waals surface area contributed by atoms with E-state index < -0.39 is 0 Å². The molecule has 0 unspecified atom stereocenters. The maximum atomic E-state index is 12.6. The van der Waals surface area contributed by atoms with Crippen molar-refractivity contribution >= 4 is 23.2 Å². The molecule has 5 heteroatoms. The summed E-state index contributed by atoms with van der Waals surface area (Å²) in [7, 11) is 0. The monoisotopic (exact) mass is 344 g/mol. The molecule has 0 bridgehead atoms. The Morgan fingerprint density at radius 3 is 2.33 bits per heavy atom. The van der Waals surface area contributed by atoms with Gasteiger partial charge >= 0.3 is 0 Å². The largest absolute Gasteiger partial charge is 0.494 e. The molecule has 0 N–H and O–H groups in total. The topological polar surface area (TPSA) is 32.8 Å².